The van der Waals surface area contributed by atoms with E-state index in [1.54, 1.807) is 6.07 Å². The molecule has 1 unspecified atom stereocenters. The number of hydrogen-bond donors (Lipinski definition) is 2. The van der Waals surface area contributed by atoms with Crippen LogP contribution in [0.5, 0.6) is 11.5 Å². The van der Waals surface area contributed by atoms with Crippen LogP contribution in [0.3, 0.4) is 0 Å². The fourth-order valence-corrected chi connectivity index (χ4v) is 8.12. The molecule has 6 rings (SSSR count). The molecule has 16 heteroatoms. The zero-order valence-electron chi connectivity index (χ0n) is 30.8. The van der Waals surface area contributed by atoms with E-state index in [2.05, 4.69) is 25.3 Å². The number of carbonyl (C=O) groups excluding carboxylic acids is 4. The first-order valence-corrected chi connectivity index (χ1v) is 19.8. The van der Waals surface area contributed by atoms with Crippen molar-refractivity contribution in [3.8, 4) is 11.5 Å². The number of anilines is 1. The lowest BCUT2D eigenvalue weighted by Gasteiger charge is -2.33. The number of amides is 4. The molecule has 4 heterocycles. The largest absolute Gasteiger partial charge is 0.490 e. The molecule has 2 N–H and O–H groups in total. The van der Waals surface area contributed by atoms with Gasteiger partial charge in [-0.25, -0.2) is 4.39 Å². The van der Waals surface area contributed by atoms with Crippen molar-refractivity contribution < 1.29 is 41.8 Å². The summed E-state index contributed by atoms with van der Waals surface area (Å²) in [5.41, 5.74) is 2.29. The molecule has 4 amide bonds. The van der Waals surface area contributed by atoms with Crippen LogP contribution >= 0.6 is 23.2 Å². The van der Waals surface area contributed by atoms with Gasteiger partial charge < -0.3 is 24.6 Å². The normalized spacial score (nSPS) is 17.6. The lowest BCUT2D eigenvalue weighted by Crippen LogP contribution is -2.52. The number of ether oxygens (including phenoxy) is 2. The zero-order valence-corrected chi connectivity index (χ0v) is 32.3. The number of halogens is 5. The molecule has 2 saturated heterocycles. The van der Waals surface area contributed by atoms with Crippen LogP contribution in [-0.2, 0) is 16.1 Å². The molecular weight excluding hydrogens is 774 g/mol. The number of carbonyl (C=O) groups is 4. The van der Waals surface area contributed by atoms with Gasteiger partial charge in [0.15, 0.2) is 11.5 Å². The van der Waals surface area contributed by atoms with Gasteiger partial charge in [-0.2, -0.15) is 8.78 Å². The monoisotopic (exact) mass is 817 g/mol. The predicted molar refractivity (Wildman–Crippen MR) is 204 cm³/mol. The lowest BCUT2D eigenvalue weighted by atomic mass is 9.85. The Hall–Kier alpha value is -4.40. The summed E-state index contributed by atoms with van der Waals surface area (Å²) in [5, 5.41) is 5.21. The number of fused-ring (bicyclic) bond motifs is 1. The van der Waals surface area contributed by atoms with Crippen molar-refractivity contribution in [3.63, 3.8) is 0 Å². The summed E-state index contributed by atoms with van der Waals surface area (Å²) >= 11 is 12.2. The fourth-order valence-electron chi connectivity index (χ4n) is 7.66. The molecule has 0 radical (unpaired) electrons. The molecule has 0 aliphatic carbocycles. The molecule has 3 aliphatic rings. The summed E-state index contributed by atoms with van der Waals surface area (Å²) in [6, 6.07) is 6.02. The van der Waals surface area contributed by atoms with Gasteiger partial charge >= 0.3 is 6.61 Å². The summed E-state index contributed by atoms with van der Waals surface area (Å²) < 4.78 is 51.2. The van der Waals surface area contributed by atoms with Crippen molar-refractivity contribution in [1.29, 1.82) is 0 Å². The number of alkyl halides is 2. The Morgan fingerprint density at radius 1 is 0.929 bits per heavy atom. The molecule has 0 bridgehead atoms. The van der Waals surface area contributed by atoms with Gasteiger partial charge in [0.05, 0.1) is 22.3 Å². The number of unbranched alkanes of at least 4 members (excludes halogenated alkanes) is 6. The minimum Gasteiger partial charge on any atom is -0.490 e. The van der Waals surface area contributed by atoms with Crippen LogP contribution in [-0.4, -0.2) is 77.3 Å². The predicted octanol–water partition coefficient (Wildman–Crippen LogP) is 8.13. The number of imide groups is 1. The van der Waals surface area contributed by atoms with E-state index < -0.39 is 30.3 Å². The number of piperidine rings is 2. The Morgan fingerprint density at radius 2 is 1.62 bits per heavy atom. The molecule has 3 aromatic rings. The van der Waals surface area contributed by atoms with Crippen molar-refractivity contribution in [2.24, 2.45) is 0 Å². The number of hydrogen-bond acceptors (Lipinski definition) is 8. The van der Waals surface area contributed by atoms with Crippen LogP contribution in [0, 0.1) is 5.82 Å². The quantitative estimate of drug-likeness (QED) is 0.103. The average Bonchev–Trinajstić information content (AvgIpc) is 3.49. The van der Waals surface area contributed by atoms with Gasteiger partial charge in [-0.1, -0.05) is 55.3 Å². The van der Waals surface area contributed by atoms with Gasteiger partial charge in [0, 0.05) is 36.5 Å². The maximum Gasteiger partial charge on any atom is 0.387 e. The van der Waals surface area contributed by atoms with Gasteiger partial charge in [-0.3, -0.25) is 29.5 Å². The second-order valence-electron chi connectivity index (χ2n) is 14.3. The summed E-state index contributed by atoms with van der Waals surface area (Å²) in [5.74, 6) is -2.22. The Balaban J connectivity index is 0.876. The van der Waals surface area contributed by atoms with Crippen LogP contribution in [0.1, 0.15) is 108 Å². The Bertz CT molecular complexity index is 1910. The first-order valence-electron chi connectivity index (χ1n) is 19.0. The molecule has 56 heavy (non-hydrogen) atoms. The minimum absolute atomic E-state index is 0.0280. The van der Waals surface area contributed by atoms with Crippen LogP contribution < -0.4 is 20.1 Å². The smallest absolute Gasteiger partial charge is 0.387 e. The van der Waals surface area contributed by atoms with Crippen LogP contribution in [0.2, 0.25) is 10.0 Å². The van der Waals surface area contributed by atoms with Crippen LogP contribution in [0.15, 0.2) is 42.7 Å². The third-order valence-corrected chi connectivity index (χ3v) is 11.1. The summed E-state index contributed by atoms with van der Waals surface area (Å²) in [6.07, 6.45) is 11.7. The number of benzene rings is 2. The molecule has 1 aromatic heterocycles. The third-order valence-electron chi connectivity index (χ3n) is 10.6. The van der Waals surface area contributed by atoms with Crippen molar-refractivity contribution in [2.75, 3.05) is 31.6 Å². The number of aromatic nitrogens is 1. The first kappa shape index (κ1) is 41.2. The number of nitrogens with zero attached hydrogens (tertiary/aromatic N) is 3. The molecule has 0 spiro atoms. The van der Waals surface area contributed by atoms with E-state index in [-0.39, 0.29) is 76.5 Å². The van der Waals surface area contributed by atoms with E-state index in [0.29, 0.717) is 12.0 Å². The number of likely N-dealkylation sites (tertiary alicyclic amines) is 1. The van der Waals surface area contributed by atoms with E-state index in [4.69, 9.17) is 27.9 Å². The maximum absolute atomic E-state index is 14.8. The van der Waals surface area contributed by atoms with Crippen molar-refractivity contribution in [3.05, 3.63) is 80.8 Å². The molecule has 3 aliphatic heterocycles. The standard InChI is InChI=1S/C40H44Cl2F3N5O6/c41-30-21-46-22-31(42)36(30)48-37(52)25-8-10-33(56-40(44)45)34(18-25)55-17-7-5-3-1-2-4-6-14-49-15-12-24(13-16-49)27-19-26(43)20-28-29(27)23-50(39(28)54)32-9-11-35(51)47-38(32)53/h8,10,18-22,24,32,40H,1-7,9,11-17,23H2,(H,46,48,52)(H,47,51,53). The second kappa shape index (κ2) is 19.2. The molecular formula is C40H44Cl2F3N5O6. The number of nitrogens with one attached hydrogen (secondary N) is 2. The SMILES string of the molecule is O=C1CCC(N2Cc3c(cc(F)cc3C3CCN(CCCCCCCCCOc4cc(C(=O)Nc5c(Cl)cncc5Cl)ccc4OC(F)F)CC3)C2=O)C(=O)N1. The highest BCUT2D eigenvalue weighted by Crippen LogP contribution is 2.38. The highest BCUT2D eigenvalue weighted by molar-refractivity contribution is 6.39. The average molecular weight is 819 g/mol. The van der Waals surface area contributed by atoms with Gasteiger partial charge in [-0.15, -0.1) is 0 Å². The summed E-state index contributed by atoms with van der Waals surface area (Å²) in [7, 11) is 0. The second-order valence-corrected chi connectivity index (χ2v) is 15.1. The molecule has 2 aromatic carbocycles. The van der Waals surface area contributed by atoms with Crippen LogP contribution in [0.25, 0.3) is 0 Å². The van der Waals surface area contributed by atoms with E-state index in [0.717, 1.165) is 82.1 Å². The van der Waals surface area contributed by atoms with E-state index in [1.807, 2.05) is 0 Å². The van der Waals surface area contributed by atoms with Crippen LogP contribution in [0.4, 0.5) is 18.9 Å². The number of pyridine rings is 1. The summed E-state index contributed by atoms with van der Waals surface area (Å²) in [4.78, 5) is 58.0. The molecule has 2 fully saturated rings. The van der Waals surface area contributed by atoms with Crippen molar-refractivity contribution in [1.82, 2.24) is 20.1 Å². The molecule has 0 saturated carbocycles. The van der Waals surface area contributed by atoms with E-state index >= 15 is 0 Å². The molecule has 1 atom stereocenters. The molecule has 11 nitrogen and oxygen atoms in total. The maximum atomic E-state index is 14.8. The van der Waals surface area contributed by atoms with Crippen molar-refractivity contribution >= 4 is 52.5 Å². The highest BCUT2D eigenvalue weighted by atomic mass is 35.5. The third kappa shape index (κ3) is 10.3. The van der Waals surface area contributed by atoms with Gasteiger partial charge in [-0.05, 0) is 99.1 Å². The van der Waals surface area contributed by atoms with Gasteiger partial charge in [0.1, 0.15) is 11.9 Å². The Labute approximate surface area is 333 Å². The minimum atomic E-state index is -3.06. The van der Waals surface area contributed by atoms with Gasteiger partial charge in [0.2, 0.25) is 11.8 Å². The lowest BCUT2D eigenvalue weighted by molar-refractivity contribution is -0.136. The van der Waals surface area contributed by atoms with E-state index in [9.17, 15) is 32.3 Å². The topological polar surface area (TPSA) is 130 Å². The Morgan fingerprint density at radius 3 is 2.32 bits per heavy atom. The van der Waals surface area contributed by atoms with E-state index in [1.165, 1.54) is 41.6 Å². The zero-order chi connectivity index (χ0) is 39.8. The number of rotatable bonds is 17. The summed E-state index contributed by atoms with van der Waals surface area (Å²) in [6.45, 7) is 0.184. The van der Waals surface area contributed by atoms with Gasteiger partial charge in [0.25, 0.3) is 11.8 Å². The van der Waals surface area contributed by atoms with Crippen molar-refractivity contribution in [2.45, 2.75) is 95.7 Å². The highest BCUT2D eigenvalue weighted by Gasteiger charge is 2.41. The Kier molecular flexibility index (Phi) is 14.1. The molecule has 300 valence electrons. The fraction of sp³-hybridized carbons (Fsp3) is 0.475. The first-order chi connectivity index (χ1) is 27.0.